The number of Topliss-reactive ketones (excluding diaryl/α,β-unsaturated/α-hetero) is 1. The summed E-state index contributed by atoms with van der Waals surface area (Å²) in [7, 11) is 1.57. The second-order valence-electron chi connectivity index (χ2n) is 7.39. The van der Waals surface area contributed by atoms with Gasteiger partial charge in [-0.25, -0.2) is 0 Å². The lowest BCUT2D eigenvalue weighted by atomic mass is 9.69. The summed E-state index contributed by atoms with van der Waals surface area (Å²) in [4.78, 5) is 40.0. The van der Waals surface area contributed by atoms with Gasteiger partial charge in [0.15, 0.2) is 5.78 Å². The van der Waals surface area contributed by atoms with E-state index >= 15 is 0 Å². The molecule has 1 aliphatic carbocycles. The summed E-state index contributed by atoms with van der Waals surface area (Å²) < 4.78 is 10.6. The van der Waals surface area contributed by atoms with E-state index in [9.17, 15) is 14.4 Å². The van der Waals surface area contributed by atoms with Gasteiger partial charge in [0.1, 0.15) is 11.7 Å². The molecular weight excluding hydrogens is 402 g/mol. The van der Waals surface area contributed by atoms with Crippen molar-refractivity contribution in [3.63, 3.8) is 0 Å². The highest BCUT2D eigenvalue weighted by Crippen LogP contribution is 2.46. The number of carbonyl (C=O) groups is 3. The lowest BCUT2D eigenvalue weighted by Crippen LogP contribution is -2.44. The number of esters is 1. The molecule has 2 aliphatic rings. The monoisotopic (exact) mass is 425 g/mol. The van der Waals surface area contributed by atoms with Gasteiger partial charge in [0.05, 0.1) is 13.7 Å². The van der Waals surface area contributed by atoms with E-state index in [-0.39, 0.29) is 30.6 Å². The van der Waals surface area contributed by atoms with Crippen molar-refractivity contribution in [3.8, 4) is 5.75 Å². The molecule has 1 aromatic carbocycles. The normalized spacial score (nSPS) is 23.6. The van der Waals surface area contributed by atoms with Crippen LogP contribution in [0.2, 0.25) is 0 Å². The first kappa shape index (κ1) is 20.3. The highest BCUT2D eigenvalue weighted by atomic mass is 32.1. The van der Waals surface area contributed by atoms with Gasteiger partial charge in [0, 0.05) is 34.4 Å². The van der Waals surface area contributed by atoms with E-state index in [1.807, 2.05) is 41.8 Å². The molecule has 1 aromatic heterocycles. The Morgan fingerprint density at radius 3 is 2.73 bits per heavy atom. The lowest BCUT2D eigenvalue weighted by molar-refractivity contribution is -0.152. The molecule has 0 radical (unpaired) electrons. The van der Waals surface area contributed by atoms with E-state index < -0.39 is 17.8 Å². The molecule has 0 saturated heterocycles. The van der Waals surface area contributed by atoms with Gasteiger partial charge >= 0.3 is 5.97 Å². The third kappa shape index (κ3) is 3.65. The highest BCUT2D eigenvalue weighted by molar-refractivity contribution is 7.10. The minimum atomic E-state index is -0.912. The minimum absolute atomic E-state index is 0.131. The summed E-state index contributed by atoms with van der Waals surface area (Å²) in [6.07, 6.45) is 0.564. The van der Waals surface area contributed by atoms with E-state index in [0.29, 0.717) is 23.4 Å². The van der Waals surface area contributed by atoms with Gasteiger partial charge in [-0.3, -0.25) is 14.4 Å². The topological polar surface area (TPSA) is 81.7 Å². The fourth-order valence-electron chi connectivity index (χ4n) is 4.37. The molecule has 1 aliphatic heterocycles. The number of rotatable bonds is 5. The third-order valence-electron chi connectivity index (χ3n) is 5.67. The standard InChI is InChI=1S/C23H23NO5S/c1-3-29-23(27)21-16(18-8-5-9-30-18)11-17-20(22(21)26)15(12-19(25)24-17)13-6-4-7-14(10-13)28-2/h4-10,15-16,21H,3,11-12H2,1-2H3,(H,24,25)/t15-,16+,21+/m1/s1. The van der Waals surface area contributed by atoms with Gasteiger partial charge in [0.25, 0.3) is 0 Å². The number of benzene rings is 1. The Bertz CT molecular complexity index is 1010. The molecule has 1 amide bonds. The van der Waals surface area contributed by atoms with Crippen LogP contribution in [-0.4, -0.2) is 31.4 Å². The average molecular weight is 426 g/mol. The van der Waals surface area contributed by atoms with Crippen molar-refractivity contribution in [2.24, 2.45) is 5.92 Å². The molecule has 156 valence electrons. The SMILES string of the molecule is CCOC(=O)[C@@H]1C(=O)C2=C(C[C@H]1c1cccs1)NC(=O)C[C@@H]2c1cccc(OC)c1. The van der Waals surface area contributed by atoms with Gasteiger partial charge < -0.3 is 14.8 Å². The van der Waals surface area contributed by atoms with Crippen LogP contribution in [0.4, 0.5) is 0 Å². The molecule has 30 heavy (non-hydrogen) atoms. The van der Waals surface area contributed by atoms with Gasteiger partial charge in [-0.15, -0.1) is 11.3 Å². The Kier molecular flexibility index (Phi) is 5.72. The van der Waals surface area contributed by atoms with Crippen LogP contribution >= 0.6 is 11.3 Å². The predicted octanol–water partition coefficient (Wildman–Crippen LogP) is 3.55. The van der Waals surface area contributed by atoms with Crippen molar-refractivity contribution < 1.29 is 23.9 Å². The quantitative estimate of drug-likeness (QED) is 0.585. The van der Waals surface area contributed by atoms with E-state index in [2.05, 4.69) is 5.32 Å². The number of hydrogen-bond acceptors (Lipinski definition) is 6. The van der Waals surface area contributed by atoms with E-state index in [1.165, 1.54) is 11.3 Å². The van der Waals surface area contributed by atoms with E-state index in [1.54, 1.807) is 14.0 Å². The molecule has 0 unspecified atom stereocenters. The Balaban J connectivity index is 1.81. The van der Waals surface area contributed by atoms with Gasteiger partial charge in [0.2, 0.25) is 5.91 Å². The zero-order valence-corrected chi connectivity index (χ0v) is 17.7. The second kappa shape index (κ2) is 8.44. The number of carbonyl (C=O) groups excluding carboxylic acids is 3. The Morgan fingerprint density at radius 2 is 2.03 bits per heavy atom. The van der Waals surface area contributed by atoms with Crippen molar-refractivity contribution in [2.45, 2.75) is 31.6 Å². The maximum atomic E-state index is 13.7. The maximum Gasteiger partial charge on any atom is 0.317 e. The number of ketones is 1. The molecule has 0 saturated carbocycles. The number of allylic oxidation sites excluding steroid dienone is 2. The molecule has 6 nitrogen and oxygen atoms in total. The number of hydrogen-bond donors (Lipinski definition) is 1. The number of thiophene rings is 1. The smallest absolute Gasteiger partial charge is 0.317 e. The molecule has 2 heterocycles. The lowest BCUT2D eigenvalue weighted by Gasteiger charge is -2.37. The summed E-state index contributed by atoms with van der Waals surface area (Å²) in [6, 6.07) is 11.2. The average Bonchev–Trinajstić information content (AvgIpc) is 3.27. The first-order valence-corrected chi connectivity index (χ1v) is 10.8. The van der Waals surface area contributed by atoms with Crippen molar-refractivity contribution in [1.82, 2.24) is 5.32 Å². The number of nitrogens with one attached hydrogen (secondary N) is 1. The van der Waals surface area contributed by atoms with Crippen LogP contribution in [0.1, 0.15) is 42.0 Å². The molecule has 0 spiro atoms. The van der Waals surface area contributed by atoms with Gasteiger partial charge in [-0.05, 0) is 42.5 Å². The largest absolute Gasteiger partial charge is 0.497 e. The molecule has 3 atom stereocenters. The van der Waals surface area contributed by atoms with E-state index in [0.717, 1.165) is 10.4 Å². The van der Waals surface area contributed by atoms with E-state index in [4.69, 9.17) is 9.47 Å². The van der Waals surface area contributed by atoms with Gasteiger partial charge in [-0.2, -0.15) is 0 Å². The molecule has 0 fully saturated rings. The Labute approximate surface area is 178 Å². The van der Waals surface area contributed by atoms with Crippen LogP contribution in [0.5, 0.6) is 5.75 Å². The highest BCUT2D eigenvalue weighted by Gasteiger charge is 2.48. The number of ether oxygens (including phenoxy) is 2. The molecule has 7 heteroatoms. The summed E-state index contributed by atoms with van der Waals surface area (Å²) in [5.74, 6) is -1.92. The van der Waals surface area contributed by atoms with Crippen molar-refractivity contribution >= 4 is 29.0 Å². The minimum Gasteiger partial charge on any atom is -0.497 e. The Hall–Kier alpha value is -2.93. The third-order valence-corrected chi connectivity index (χ3v) is 6.68. The van der Waals surface area contributed by atoms with Crippen molar-refractivity contribution in [2.75, 3.05) is 13.7 Å². The fourth-order valence-corrected chi connectivity index (χ4v) is 5.23. The molecular formula is C23H23NO5S. The molecule has 1 N–H and O–H groups in total. The Morgan fingerprint density at radius 1 is 1.20 bits per heavy atom. The first-order chi connectivity index (χ1) is 14.5. The van der Waals surface area contributed by atoms with Crippen molar-refractivity contribution in [3.05, 3.63) is 63.5 Å². The summed E-state index contributed by atoms with van der Waals surface area (Å²) in [6.45, 7) is 1.94. The van der Waals surface area contributed by atoms with Gasteiger partial charge in [-0.1, -0.05) is 18.2 Å². The summed E-state index contributed by atoms with van der Waals surface area (Å²) >= 11 is 1.50. The zero-order chi connectivity index (χ0) is 21.3. The van der Waals surface area contributed by atoms with Crippen LogP contribution in [0.3, 0.4) is 0 Å². The first-order valence-electron chi connectivity index (χ1n) is 9.94. The number of methoxy groups -OCH3 is 1. The van der Waals surface area contributed by atoms with Crippen LogP contribution in [-0.2, 0) is 19.1 Å². The van der Waals surface area contributed by atoms with Crippen LogP contribution in [0, 0.1) is 5.92 Å². The number of amides is 1. The summed E-state index contributed by atoms with van der Waals surface area (Å²) in [5.41, 5.74) is 1.94. The molecule has 0 bridgehead atoms. The maximum absolute atomic E-state index is 13.7. The zero-order valence-electron chi connectivity index (χ0n) is 16.8. The van der Waals surface area contributed by atoms with Crippen LogP contribution in [0.15, 0.2) is 53.0 Å². The van der Waals surface area contributed by atoms with Crippen LogP contribution < -0.4 is 10.1 Å². The fraction of sp³-hybridized carbons (Fsp3) is 0.348. The summed E-state index contributed by atoms with van der Waals surface area (Å²) in [5, 5.41) is 4.82. The molecule has 4 rings (SSSR count). The predicted molar refractivity (Wildman–Crippen MR) is 112 cm³/mol. The van der Waals surface area contributed by atoms with Crippen molar-refractivity contribution in [1.29, 1.82) is 0 Å². The second-order valence-corrected chi connectivity index (χ2v) is 8.37. The molecule has 2 aromatic rings. The van der Waals surface area contributed by atoms with Crippen LogP contribution in [0.25, 0.3) is 0 Å².